The van der Waals surface area contributed by atoms with E-state index in [-0.39, 0.29) is 33.8 Å². The van der Waals surface area contributed by atoms with Gasteiger partial charge in [-0.25, -0.2) is 0 Å². The molecule has 2 unspecified atom stereocenters. The number of rotatable bonds is 4. The predicted molar refractivity (Wildman–Crippen MR) is 324 cm³/mol. The van der Waals surface area contributed by atoms with Crippen molar-refractivity contribution in [2.24, 2.45) is 10.8 Å². The monoisotopic (exact) mass is 992 g/mol. The zero-order valence-corrected chi connectivity index (χ0v) is 47.2. The Bertz CT molecular complexity index is 3750. The van der Waals surface area contributed by atoms with Gasteiger partial charge in [-0.3, -0.25) is 0 Å². The van der Waals surface area contributed by atoms with Crippen LogP contribution in [-0.4, -0.2) is 6.71 Å². The third-order valence-corrected chi connectivity index (χ3v) is 19.5. The molecule has 0 aromatic heterocycles. The number of aryl methyl sites for hydroxylation is 1. The number of para-hydroxylation sites is 1. The SMILES string of the molecule is CC1(C)Cc2ccc(N3c4cc5c(cc4B4c6ccccc6N(c6ccc(C(C)(C)C)cc6-c6ccccc6)c6cc(N7c8ccc(C(C)(C)C)cc8C8(C)CCc9ccccc9C78C)cc3c64)CC(C)(C)C5)cc2C1. The molecule has 76 heavy (non-hydrogen) atoms. The average molecular weight is 992 g/mol. The standard InChI is InChI=1S/C72H74BN3/c1-67(2,3)51-27-30-60(55(37-51)45-20-14-13-15-21-45)75-62-25-19-18-24-58(62)73-59-35-49-43-70(9,10)44-50(49)36-63(59)74(53-29-26-47-41-69(7,8)42-48(47)34-53)64-39-54(40-65(75)66(64)73)76-61-31-28-52(68(4,5)6)38-57(61)71(11)33-32-46-22-16-17-23-56(46)72(71,76)12/h13-31,34-40H,32-33,41-44H2,1-12H3. The smallest absolute Gasteiger partial charge is 0.252 e. The van der Waals surface area contributed by atoms with Crippen LogP contribution in [0, 0.1) is 10.8 Å². The molecule has 3 aliphatic heterocycles. The summed E-state index contributed by atoms with van der Waals surface area (Å²) < 4.78 is 0. The number of hydrogen-bond acceptors (Lipinski definition) is 3. The van der Waals surface area contributed by atoms with E-state index >= 15 is 0 Å². The van der Waals surface area contributed by atoms with E-state index in [1.54, 1.807) is 0 Å². The zero-order valence-electron chi connectivity index (χ0n) is 47.2. The molecule has 0 bridgehead atoms. The van der Waals surface area contributed by atoms with Gasteiger partial charge in [0.1, 0.15) is 0 Å². The van der Waals surface area contributed by atoms with Crippen LogP contribution in [0.1, 0.15) is 140 Å². The van der Waals surface area contributed by atoms with E-state index < -0.39 is 5.54 Å². The second-order valence-corrected chi connectivity index (χ2v) is 28.0. The van der Waals surface area contributed by atoms with Crippen molar-refractivity contribution in [3.8, 4) is 11.1 Å². The second kappa shape index (κ2) is 15.9. The van der Waals surface area contributed by atoms with Crippen molar-refractivity contribution in [1.82, 2.24) is 0 Å². The van der Waals surface area contributed by atoms with E-state index in [0.717, 1.165) is 38.5 Å². The van der Waals surface area contributed by atoms with Crippen LogP contribution in [0.2, 0.25) is 0 Å². The first kappa shape index (κ1) is 47.7. The summed E-state index contributed by atoms with van der Waals surface area (Å²) in [4.78, 5) is 8.24. The topological polar surface area (TPSA) is 9.72 Å². The number of anilines is 8. The highest BCUT2D eigenvalue weighted by Gasteiger charge is 2.60. The Morgan fingerprint density at radius 2 is 1.03 bits per heavy atom. The van der Waals surface area contributed by atoms with Crippen LogP contribution in [0.25, 0.3) is 11.1 Å². The molecule has 8 aromatic carbocycles. The van der Waals surface area contributed by atoms with Gasteiger partial charge in [-0.15, -0.1) is 0 Å². The lowest BCUT2D eigenvalue weighted by Crippen LogP contribution is -2.61. The number of nitrogens with zero attached hydrogens (tertiary/aromatic N) is 3. The Balaban J connectivity index is 1.12. The van der Waals surface area contributed by atoms with Crippen LogP contribution in [0.4, 0.5) is 45.5 Å². The molecular formula is C72H74BN3. The van der Waals surface area contributed by atoms with Gasteiger partial charge in [0.05, 0.1) is 11.2 Å². The lowest BCUT2D eigenvalue weighted by Gasteiger charge is -2.52. The Hall–Kier alpha value is -6.78. The predicted octanol–water partition coefficient (Wildman–Crippen LogP) is 16.6. The molecule has 0 N–H and O–H groups in total. The van der Waals surface area contributed by atoms with Gasteiger partial charge in [-0.2, -0.15) is 0 Å². The van der Waals surface area contributed by atoms with E-state index in [1.807, 2.05) is 0 Å². The van der Waals surface area contributed by atoms with Crippen molar-refractivity contribution in [1.29, 1.82) is 0 Å². The summed E-state index contributed by atoms with van der Waals surface area (Å²) in [5.41, 5.74) is 29.7. The zero-order chi connectivity index (χ0) is 52.6. The van der Waals surface area contributed by atoms with Crippen LogP contribution in [0.3, 0.4) is 0 Å². The molecule has 8 aromatic rings. The molecule has 0 spiro atoms. The summed E-state index contributed by atoms with van der Waals surface area (Å²) in [5, 5.41) is 0. The first-order valence-electron chi connectivity index (χ1n) is 28.5. The second-order valence-electron chi connectivity index (χ2n) is 28.0. The molecule has 0 fully saturated rings. The molecular weight excluding hydrogens is 918 g/mol. The minimum absolute atomic E-state index is 0.00797. The first-order chi connectivity index (χ1) is 36.1. The van der Waals surface area contributed by atoms with Gasteiger partial charge in [0.15, 0.2) is 0 Å². The van der Waals surface area contributed by atoms with Gasteiger partial charge in [-0.05, 0) is 194 Å². The molecule has 380 valence electrons. The number of benzene rings is 8. The van der Waals surface area contributed by atoms with Gasteiger partial charge in [0.2, 0.25) is 0 Å². The molecule has 6 aliphatic rings. The summed E-state index contributed by atoms with van der Waals surface area (Å²) in [6.07, 6.45) is 6.51. The van der Waals surface area contributed by atoms with Crippen molar-refractivity contribution < 1.29 is 0 Å². The minimum Gasteiger partial charge on any atom is -0.330 e. The molecule has 4 heteroatoms. The van der Waals surface area contributed by atoms with Gasteiger partial charge in [0.25, 0.3) is 6.71 Å². The lowest BCUT2D eigenvalue weighted by atomic mass is 9.33. The van der Waals surface area contributed by atoms with E-state index in [4.69, 9.17) is 0 Å². The van der Waals surface area contributed by atoms with Gasteiger partial charge in [0, 0.05) is 50.8 Å². The summed E-state index contributed by atoms with van der Waals surface area (Å²) in [6.45, 7) is 29.2. The average Bonchev–Trinajstić information content (AvgIpc) is 4.03. The van der Waals surface area contributed by atoms with E-state index in [9.17, 15) is 0 Å². The fourth-order valence-corrected chi connectivity index (χ4v) is 15.6. The molecule has 2 atom stereocenters. The van der Waals surface area contributed by atoms with E-state index in [1.165, 1.54) is 123 Å². The fraction of sp³-hybridized carbons (Fsp3) is 0.333. The van der Waals surface area contributed by atoms with Crippen molar-refractivity contribution in [2.45, 2.75) is 143 Å². The highest BCUT2D eigenvalue weighted by atomic mass is 15.3. The molecule has 0 amide bonds. The van der Waals surface area contributed by atoms with E-state index in [2.05, 4.69) is 256 Å². The summed E-state index contributed by atoms with van der Waals surface area (Å²) in [5.74, 6) is 0. The highest BCUT2D eigenvalue weighted by Crippen LogP contribution is 2.65. The van der Waals surface area contributed by atoms with Crippen molar-refractivity contribution >= 4 is 68.6 Å². The molecule has 0 saturated carbocycles. The number of hydrogen-bond donors (Lipinski definition) is 0. The fourth-order valence-electron chi connectivity index (χ4n) is 15.6. The van der Waals surface area contributed by atoms with Crippen LogP contribution >= 0.6 is 0 Å². The molecule has 3 nitrogen and oxygen atoms in total. The van der Waals surface area contributed by atoms with Crippen molar-refractivity contribution in [2.75, 3.05) is 14.7 Å². The summed E-state index contributed by atoms with van der Waals surface area (Å²) in [6, 6.07) is 62.9. The normalized spacial score (nSPS) is 21.1. The molecule has 3 heterocycles. The van der Waals surface area contributed by atoms with Crippen LogP contribution < -0.4 is 31.1 Å². The van der Waals surface area contributed by atoms with E-state index in [0.29, 0.717) is 0 Å². The summed E-state index contributed by atoms with van der Waals surface area (Å²) in [7, 11) is 0. The maximum absolute atomic E-state index is 2.82. The third kappa shape index (κ3) is 6.87. The molecule has 0 radical (unpaired) electrons. The van der Waals surface area contributed by atoms with Crippen LogP contribution in [-0.2, 0) is 53.9 Å². The van der Waals surface area contributed by atoms with Gasteiger partial charge >= 0.3 is 0 Å². The van der Waals surface area contributed by atoms with Crippen LogP contribution in [0.5, 0.6) is 0 Å². The van der Waals surface area contributed by atoms with Gasteiger partial charge in [-0.1, -0.05) is 179 Å². The quantitative estimate of drug-likeness (QED) is 0.163. The summed E-state index contributed by atoms with van der Waals surface area (Å²) >= 11 is 0. The molecule has 3 aliphatic carbocycles. The third-order valence-electron chi connectivity index (χ3n) is 19.5. The lowest BCUT2D eigenvalue weighted by molar-refractivity contribution is 0.245. The minimum atomic E-state index is -0.398. The Labute approximate surface area is 454 Å². The van der Waals surface area contributed by atoms with Crippen LogP contribution in [0.15, 0.2) is 158 Å². The number of fused-ring (bicyclic) bond motifs is 11. The maximum Gasteiger partial charge on any atom is 0.252 e. The molecule has 14 rings (SSSR count). The highest BCUT2D eigenvalue weighted by molar-refractivity contribution is 7.00. The Morgan fingerprint density at radius 3 is 1.75 bits per heavy atom. The maximum atomic E-state index is 2.82. The largest absolute Gasteiger partial charge is 0.330 e. The van der Waals surface area contributed by atoms with Crippen molar-refractivity contribution in [3.63, 3.8) is 0 Å². The first-order valence-corrected chi connectivity index (χ1v) is 28.5. The van der Waals surface area contributed by atoms with Crippen molar-refractivity contribution in [3.05, 3.63) is 208 Å². The molecule has 0 saturated heterocycles. The Morgan fingerprint density at radius 1 is 0.421 bits per heavy atom. The Kier molecular flexibility index (Phi) is 9.97. The van der Waals surface area contributed by atoms with Gasteiger partial charge < -0.3 is 14.7 Å².